The number of nitrogens with one attached hydrogen (secondary N) is 2. The molecule has 3 aromatic rings. The number of H-pyrrole nitrogens is 1. The van der Waals surface area contributed by atoms with E-state index in [2.05, 4.69) is 20.7 Å². The Hall–Kier alpha value is -3.42. The highest BCUT2D eigenvalue weighted by molar-refractivity contribution is 5.97. The molecule has 1 aromatic heterocycles. The standard InChI is InChI=1S/C21H23FN6O/c1-14-7-8-16(13-15(14)2)23-20-19(24-26-25-20)21(29)28-11-9-27(10-12-28)18-6-4-3-5-17(18)22/h3-8,13H,9-12H2,1-2H3,(H2,23,24,25,26). The number of amides is 1. The predicted molar refractivity (Wildman–Crippen MR) is 110 cm³/mol. The molecule has 2 aromatic carbocycles. The summed E-state index contributed by atoms with van der Waals surface area (Å²) in [7, 11) is 0. The highest BCUT2D eigenvalue weighted by Crippen LogP contribution is 2.23. The second kappa shape index (κ2) is 7.90. The van der Waals surface area contributed by atoms with Gasteiger partial charge in [0.15, 0.2) is 11.5 Å². The zero-order chi connectivity index (χ0) is 20.4. The van der Waals surface area contributed by atoms with Crippen LogP contribution in [-0.2, 0) is 0 Å². The van der Waals surface area contributed by atoms with Crippen LogP contribution in [0.1, 0.15) is 21.6 Å². The van der Waals surface area contributed by atoms with Gasteiger partial charge in [0.05, 0.1) is 5.69 Å². The summed E-state index contributed by atoms with van der Waals surface area (Å²) in [5, 5.41) is 13.9. The maximum absolute atomic E-state index is 14.0. The highest BCUT2D eigenvalue weighted by atomic mass is 19.1. The third-order valence-corrected chi connectivity index (χ3v) is 5.28. The largest absolute Gasteiger partial charge is 0.366 e. The molecular weight excluding hydrogens is 371 g/mol. The second-order valence-corrected chi connectivity index (χ2v) is 7.18. The quantitative estimate of drug-likeness (QED) is 0.710. The number of aryl methyl sites for hydroxylation is 2. The molecule has 8 heteroatoms. The summed E-state index contributed by atoms with van der Waals surface area (Å²) in [6, 6.07) is 12.7. The summed E-state index contributed by atoms with van der Waals surface area (Å²) in [5.74, 6) is -0.0447. The minimum atomic E-state index is -0.247. The summed E-state index contributed by atoms with van der Waals surface area (Å²) < 4.78 is 14.0. The number of hydrogen-bond donors (Lipinski definition) is 2. The number of hydrogen-bond acceptors (Lipinski definition) is 5. The van der Waals surface area contributed by atoms with Gasteiger partial charge < -0.3 is 15.1 Å². The molecule has 1 aliphatic heterocycles. The summed E-state index contributed by atoms with van der Waals surface area (Å²) in [4.78, 5) is 16.7. The van der Waals surface area contributed by atoms with Crippen LogP contribution in [0.2, 0.25) is 0 Å². The lowest BCUT2D eigenvalue weighted by atomic mass is 10.1. The molecule has 2 heterocycles. The lowest BCUT2D eigenvalue weighted by Crippen LogP contribution is -2.49. The van der Waals surface area contributed by atoms with Gasteiger partial charge in [-0.1, -0.05) is 18.2 Å². The van der Waals surface area contributed by atoms with Crippen LogP contribution in [0.5, 0.6) is 0 Å². The van der Waals surface area contributed by atoms with E-state index in [-0.39, 0.29) is 17.4 Å². The van der Waals surface area contributed by atoms with E-state index in [9.17, 15) is 9.18 Å². The van der Waals surface area contributed by atoms with Gasteiger partial charge in [0.1, 0.15) is 5.82 Å². The van der Waals surface area contributed by atoms with Crippen LogP contribution in [0.3, 0.4) is 0 Å². The topological polar surface area (TPSA) is 77.1 Å². The Morgan fingerprint density at radius 2 is 1.79 bits per heavy atom. The molecule has 29 heavy (non-hydrogen) atoms. The Balaban J connectivity index is 1.44. The normalized spacial score (nSPS) is 14.2. The fourth-order valence-electron chi connectivity index (χ4n) is 3.43. The molecule has 0 unspecified atom stereocenters. The van der Waals surface area contributed by atoms with E-state index in [1.807, 2.05) is 43.0 Å². The van der Waals surface area contributed by atoms with Crippen molar-refractivity contribution in [1.29, 1.82) is 0 Å². The third kappa shape index (κ3) is 3.91. The molecule has 1 fully saturated rings. The van der Waals surface area contributed by atoms with Crippen LogP contribution in [0.4, 0.5) is 21.6 Å². The predicted octanol–water partition coefficient (Wildman–Crippen LogP) is 3.27. The van der Waals surface area contributed by atoms with E-state index in [4.69, 9.17) is 0 Å². The van der Waals surface area contributed by atoms with Gasteiger partial charge >= 0.3 is 0 Å². The van der Waals surface area contributed by atoms with Crippen molar-refractivity contribution in [2.45, 2.75) is 13.8 Å². The van der Waals surface area contributed by atoms with E-state index in [1.54, 1.807) is 17.0 Å². The molecule has 7 nitrogen and oxygen atoms in total. The van der Waals surface area contributed by atoms with Gasteiger partial charge in [0.25, 0.3) is 5.91 Å². The minimum Gasteiger partial charge on any atom is -0.366 e. The number of carbonyl (C=O) groups is 1. The molecule has 0 saturated carbocycles. The number of anilines is 3. The molecule has 0 bridgehead atoms. The van der Waals surface area contributed by atoms with Gasteiger partial charge in [-0.25, -0.2) is 4.39 Å². The van der Waals surface area contributed by atoms with Gasteiger partial charge in [-0.05, 0) is 49.2 Å². The second-order valence-electron chi connectivity index (χ2n) is 7.18. The van der Waals surface area contributed by atoms with E-state index in [0.717, 1.165) is 11.3 Å². The van der Waals surface area contributed by atoms with Crippen molar-refractivity contribution >= 4 is 23.1 Å². The summed E-state index contributed by atoms with van der Waals surface area (Å²) in [6.07, 6.45) is 0. The monoisotopic (exact) mass is 394 g/mol. The van der Waals surface area contributed by atoms with Gasteiger partial charge in [-0.2, -0.15) is 5.21 Å². The van der Waals surface area contributed by atoms with Crippen LogP contribution in [-0.4, -0.2) is 52.4 Å². The number of piperazine rings is 1. The number of aromatic nitrogens is 3. The molecule has 4 rings (SSSR count). The van der Waals surface area contributed by atoms with Crippen molar-refractivity contribution in [2.75, 3.05) is 36.4 Å². The maximum Gasteiger partial charge on any atom is 0.278 e. The summed E-state index contributed by atoms with van der Waals surface area (Å²) in [6.45, 7) is 6.18. The van der Waals surface area contributed by atoms with Gasteiger partial charge in [0, 0.05) is 31.9 Å². The average Bonchev–Trinajstić information content (AvgIpc) is 3.19. The number of halogens is 1. The molecule has 1 amide bonds. The first kappa shape index (κ1) is 18.9. The molecule has 150 valence electrons. The average molecular weight is 394 g/mol. The maximum atomic E-state index is 14.0. The molecule has 2 N–H and O–H groups in total. The number of carbonyl (C=O) groups excluding carboxylic acids is 1. The highest BCUT2D eigenvalue weighted by Gasteiger charge is 2.27. The molecule has 1 aliphatic rings. The fraction of sp³-hybridized carbons (Fsp3) is 0.286. The van der Waals surface area contributed by atoms with Crippen LogP contribution in [0, 0.1) is 19.7 Å². The van der Waals surface area contributed by atoms with E-state index in [1.165, 1.54) is 11.6 Å². The van der Waals surface area contributed by atoms with Crippen molar-refractivity contribution in [3.05, 3.63) is 65.1 Å². The lowest BCUT2D eigenvalue weighted by molar-refractivity contribution is 0.0741. The first-order chi connectivity index (χ1) is 14.0. The number of nitrogens with zero attached hydrogens (tertiary/aromatic N) is 4. The molecule has 0 radical (unpaired) electrons. The summed E-state index contributed by atoms with van der Waals surface area (Å²) in [5.41, 5.74) is 4.01. The van der Waals surface area contributed by atoms with Crippen molar-refractivity contribution in [1.82, 2.24) is 20.3 Å². The molecule has 1 saturated heterocycles. The SMILES string of the molecule is Cc1ccc(Nc2n[nH]nc2C(=O)N2CCN(c3ccccc3F)CC2)cc1C. The van der Waals surface area contributed by atoms with Crippen LogP contribution < -0.4 is 10.2 Å². The first-order valence-corrected chi connectivity index (χ1v) is 9.57. The van der Waals surface area contributed by atoms with Crippen molar-refractivity contribution in [2.24, 2.45) is 0 Å². The first-order valence-electron chi connectivity index (χ1n) is 9.57. The van der Waals surface area contributed by atoms with Crippen molar-refractivity contribution < 1.29 is 9.18 Å². The Morgan fingerprint density at radius 1 is 1.03 bits per heavy atom. The summed E-state index contributed by atoms with van der Waals surface area (Å²) >= 11 is 0. The lowest BCUT2D eigenvalue weighted by Gasteiger charge is -2.35. The van der Waals surface area contributed by atoms with E-state index in [0.29, 0.717) is 37.7 Å². The number of aromatic amines is 1. The number of benzene rings is 2. The number of rotatable bonds is 4. The van der Waals surface area contributed by atoms with Crippen LogP contribution >= 0.6 is 0 Å². The Labute approximate surface area is 168 Å². The Bertz CT molecular complexity index is 1030. The van der Waals surface area contributed by atoms with Crippen LogP contribution in [0.25, 0.3) is 0 Å². The molecule has 0 aliphatic carbocycles. The zero-order valence-electron chi connectivity index (χ0n) is 16.4. The fourth-order valence-corrected chi connectivity index (χ4v) is 3.43. The third-order valence-electron chi connectivity index (χ3n) is 5.28. The minimum absolute atomic E-state index is 0.196. The molecule has 0 atom stereocenters. The van der Waals surface area contributed by atoms with Crippen LogP contribution in [0.15, 0.2) is 42.5 Å². The molecule has 0 spiro atoms. The molecular formula is C21H23FN6O. The van der Waals surface area contributed by atoms with Gasteiger partial charge in [-0.3, -0.25) is 4.79 Å². The van der Waals surface area contributed by atoms with E-state index < -0.39 is 0 Å². The van der Waals surface area contributed by atoms with Crippen molar-refractivity contribution in [3.63, 3.8) is 0 Å². The van der Waals surface area contributed by atoms with Crippen molar-refractivity contribution in [3.8, 4) is 0 Å². The smallest absolute Gasteiger partial charge is 0.278 e. The zero-order valence-corrected chi connectivity index (χ0v) is 16.4. The van der Waals surface area contributed by atoms with Gasteiger partial charge in [-0.15, -0.1) is 10.2 Å². The Kier molecular flexibility index (Phi) is 5.16. The van der Waals surface area contributed by atoms with E-state index >= 15 is 0 Å². The number of para-hydroxylation sites is 1. The Morgan fingerprint density at radius 3 is 2.52 bits per heavy atom. The van der Waals surface area contributed by atoms with Gasteiger partial charge in [0.2, 0.25) is 0 Å².